The molecule has 22 heavy (non-hydrogen) atoms. The van der Waals surface area contributed by atoms with Crippen LogP contribution >= 0.6 is 0 Å². The Kier molecular flexibility index (Phi) is 8.16. The lowest BCUT2D eigenvalue weighted by atomic mass is 10.2. The van der Waals surface area contributed by atoms with Crippen molar-refractivity contribution < 1.29 is 14.6 Å². The van der Waals surface area contributed by atoms with E-state index in [-0.39, 0.29) is 12.2 Å². The second-order valence-corrected chi connectivity index (χ2v) is 4.56. The predicted octanol–water partition coefficient (Wildman–Crippen LogP) is 1.79. The molecule has 0 saturated carbocycles. The van der Waals surface area contributed by atoms with Gasteiger partial charge in [0.05, 0.1) is 12.8 Å². The molecule has 0 heterocycles. The summed E-state index contributed by atoms with van der Waals surface area (Å²) in [6.07, 6.45) is 3.92. The molecule has 0 unspecified atom stereocenters. The molecule has 6 heteroatoms. The zero-order chi connectivity index (χ0) is 16.2. The van der Waals surface area contributed by atoms with Gasteiger partial charge >= 0.3 is 0 Å². The van der Waals surface area contributed by atoms with E-state index in [9.17, 15) is 4.79 Å². The monoisotopic (exact) mass is 303 g/mol. The first kappa shape index (κ1) is 17.5. The third-order valence-electron chi connectivity index (χ3n) is 2.95. The number of para-hydroxylation sites is 2. The third-order valence-corrected chi connectivity index (χ3v) is 2.95. The summed E-state index contributed by atoms with van der Waals surface area (Å²) < 4.78 is 5.14. The highest BCUT2D eigenvalue weighted by Gasteiger charge is 2.11. The maximum Gasteiger partial charge on any atom is 0.267 e. The van der Waals surface area contributed by atoms with Crippen LogP contribution < -0.4 is 15.4 Å². The number of nitriles is 1. The van der Waals surface area contributed by atoms with Gasteiger partial charge in [-0.05, 0) is 31.4 Å². The minimum absolute atomic E-state index is 0.00642. The molecule has 6 nitrogen and oxygen atoms in total. The van der Waals surface area contributed by atoms with E-state index in [1.54, 1.807) is 24.3 Å². The van der Waals surface area contributed by atoms with Gasteiger partial charge in [-0.2, -0.15) is 5.26 Å². The van der Waals surface area contributed by atoms with Crippen LogP contribution in [0.5, 0.6) is 5.75 Å². The van der Waals surface area contributed by atoms with Crippen LogP contribution in [0.3, 0.4) is 0 Å². The number of unbranched alkanes of at least 4 members (excludes halogenated alkanes) is 2. The van der Waals surface area contributed by atoms with Gasteiger partial charge in [-0.15, -0.1) is 0 Å². The number of carbonyl (C=O) groups excluding carboxylic acids is 1. The molecule has 1 amide bonds. The fourth-order valence-corrected chi connectivity index (χ4v) is 1.78. The number of carbonyl (C=O) groups is 1. The first-order chi connectivity index (χ1) is 10.7. The zero-order valence-electron chi connectivity index (χ0n) is 12.6. The van der Waals surface area contributed by atoms with Gasteiger partial charge in [0.15, 0.2) is 0 Å². The number of benzene rings is 1. The summed E-state index contributed by atoms with van der Waals surface area (Å²) in [7, 11) is 1.51. The lowest BCUT2D eigenvalue weighted by Gasteiger charge is -2.09. The van der Waals surface area contributed by atoms with Crippen molar-refractivity contribution >= 4 is 11.6 Å². The number of ether oxygens (including phenoxy) is 1. The summed E-state index contributed by atoms with van der Waals surface area (Å²) in [6, 6.07) is 8.86. The number of nitrogens with zero attached hydrogens (tertiary/aromatic N) is 1. The van der Waals surface area contributed by atoms with E-state index >= 15 is 0 Å². The summed E-state index contributed by atoms with van der Waals surface area (Å²) in [5.74, 6) is 0.0416. The Labute approximate surface area is 130 Å². The number of nitrogens with one attached hydrogen (secondary N) is 2. The predicted molar refractivity (Wildman–Crippen MR) is 84.3 cm³/mol. The maximum atomic E-state index is 12.0. The van der Waals surface area contributed by atoms with Crippen molar-refractivity contribution in [2.45, 2.75) is 19.3 Å². The van der Waals surface area contributed by atoms with Gasteiger partial charge in [0.25, 0.3) is 5.91 Å². The first-order valence-electron chi connectivity index (χ1n) is 7.11. The fraction of sp³-hybridized carbons (Fsp3) is 0.375. The highest BCUT2D eigenvalue weighted by atomic mass is 16.5. The van der Waals surface area contributed by atoms with Crippen molar-refractivity contribution in [1.82, 2.24) is 5.32 Å². The number of rotatable bonds is 9. The van der Waals surface area contributed by atoms with Crippen molar-refractivity contribution in [1.29, 1.82) is 5.26 Å². The molecule has 0 atom stereocenters. The molecule has 3 N–H and O–H groups in total. The summed E-state index contributed by atoms with van der Waals surface area (Å²) in [5, 5.41) is 23.3. The van der Waals surface area contributed by atoms with Crippen molar-refractivity contribution in [3.63, 3.8) is 0 Å². The van der Waals surface area contributed by atoms with Crippen molar-refractivity contribution in [3.8, 4) is 11.8 Å². The molecule has 1 rings (SSSR count). The third kappa shape index (κ3) is 5.85. The molecular weight excluding hydrogens is 282 g/mol. The Bertz CT molecular complexity index is 550. The molecule has 0 aliphatic rings. The van der Waals surface area contributed by atoms with Gasteiger partial charge < -0.3 is 20.5 Å². The van der Waals surface area contributed by atoms with Gasteiger partial charge in [0, 0.05) is 19.4 Å². The Morgan fingerprint density at radius 3 is 2.82 bits per heavy atom. The molecule has 0 spiro atoms. The highest BCUT2D eigenvalue weighted by Crippen LogP contribution is 2.23. The van der Waals surface area contributed by atoms with Gasteiger partial charge in [0.1, 0.15) is 17.4 Å². The van der Waals surface area contributed by atoms with Crippen LogP contribution in [0.15, 0.2) is 36.0 Å². The van der Waals surface area contributed by atoms with Crippen LogP contribution in [0, 0.1) is 11.3 Å². The average molecular weight is 303 g/mol. The number of hydrogen-bond acceptors (Lipinski definition) is 5. The number of aliphatic hydroxyl groups excluding tert-OH is 1. The zero-order valence-corrected chi connectivity index (χ0v) is 12.6. The van der Waals surface area contributed by atoms with E-state index in [0.29, 0.717) is 18.0 Å². The van der Waals surface area contributed by atoms with Crippen LogP contribution in [0.2, 0.25) is 0 Å². The smallest absolute Gasteiger partial charge is 0.267 e. The molecule has 0 aliphatic carbocycles. The lowest BCUT2D eigenvalue weighted by Crippen LogP contribution is -2.17. The molecule has 0 aliphatic heterocycles. The number of aliphatic hydroxyl groups is 1. The maximum absolute atomic E-state index is 12.0. The van der Waals surface area contributed by atoms with Crippen LogP contribution in [0.4, 0.5) is 5.69 Å². The second-order valence-electron chi connectivity index (χ2n) is 4.56. The number of hydrogen-bond donors (Lipinski definition) is 3. The molecule has 1 aromatic carbocycles. The van der Waals surface area contributed by atoms with Gasteiger partial charge in [-0.25, -0.2) is 0 Å². The van der Waals surface area contributed by atoms with E-state index in [4.69, 9.17) is 15.1 Å². The Balaban J connectivity index is 2.55. The topological polar surface area (TPSA) is 94.4 Å². The van der Waals surface area contributed by atoms with Crippen LogP contribution in [-0.2, 0) is 4.79 Å². The molecule has 0 saturated heterocycles. The summed E-state index contributed by atoms with van der Waals surface area (Å²) in [6.45, 7) is 0.827. The number of anilines is 1. The molecule has 1 aromatic rings. The van der Waals surface area contributed by atoms with Gasteiger partial charge in [-0.3, -0.25) is 4.79 Å². The minimum Gasteiger partial charge on any atom is -0.495 e. The van der Waals surface area contributed by atoms with Gasteiger partial charge in [0.2, 0.25) is 0 Å². The molecule has 0 fully saturated rings. The first-order valence-corrected chi connectivity index (χ1v) is 7.11. The highest BCUT2D eigenvalue weighted by molar-refractivity contribution is 6.07. The van der Waals surface area contributed by atoms with Crippen LogP contribution in [-0.4, -0.2) is 31.3 Å². The lowest BCUT2D eigenvalue weighted by molar-refractivity contribution is -0.112. The standard InChI is InChI=1S/C16H21N3O3/c1-22-15-8-4-3-7-14(15)19-16(21)13(11-17)12-18-9-5-2-6-10-20/h3-4,7-8,12,18,20H,2,5-6,9-10H2,1H3,(H,19,21)/b13-12-. The Morgan fingerprint density at radius 2 is 2.14 bits per heavy atom. The number of methoxy groups -OCH3 is 1. The average Bonchev–Trinajstić information content (AvgIpc) is 2.54. The van der Waals surface area contributed by atoms with E-state index in [2.05, 4.69) is 10.6 Å². The van der Waals surface area contributed by atoms with E-state index in [0.717, 1.165) is 19.3 Å². The van der Waals surface area contributed by atoms with Crippen molar-refractivity contribution in [2.24, 2.45) is 0 Å². The molecule has 118 valence electrons. The summed E-state index contributed by atoms with van der Waals surface area (Å²) in [5.41, 5.74) is 0.507. The van der Waals surface area contributed by atoms with Crippen molar-refractivity contribution in [2.75, 3.05) is 25.6 Å². The quantitative estimate of drug-likeness (QED) is 0.367. The second kappa shape index (κ2) is 10.2. The largest absolute Gasteiger partial charge is 0.495 e. The van der Waals surface area contributed by atoms with Crippen LogP contribution in [0.25, 0.3) is 0 Å². The summed E-state index contributed by atoms with van der Waals surface area (Å²) in [4.78, 5) is 12.0. The normalized spacial score (nSPS) is 10.7. The van der Waals surface area contributed by atoms with E-state index in [1.807, 2.05) is 6.07 Å². The Morgan fingerprint density at radius 1 is 1.36 bits per heavy atom. The number of amides is 1. The fourth-order valence-electron chi connectivity index (χ4n) is 1.78. The SMILES string of the molecule is COc1ccccc1NC(=O)/C(C#N)=C\NCCCCCO. The molecule has 0 aromatic heterocycles. The summed E-state index contributed by atoms with van der Waals surface area (Å²) >= 11 is 0. The minimum atomic E-state index is -0.491. The molecule has 0 radical (unpaired) electrons. The Hall–Kier alpha value is -2.52. The molecular formula is C16H21N3O3. The van der Waals surface area contributed by atoms with E-state index < -0.39 is 5.91 Å². The van der Waals surface area contributed by atoms with Crippen LogP contribution in [0.1, 0.15) is 19.3 Å². The van der Waals surface area contributed by atoms with E-state index in [1.165, 1.54) is 13.3 Å². The molecule has 0 bridgehead atoms. The van der Waals surface area contributed by atoms with Gasteiger partial charge in [-0.1, -0.05) is 12.1 Å². The van der Waals surface area contributed by atoms with Crippen molar-refractivity contribution in [3.05, 3.63) is 36.0 Å².